The second kappa shape index (κ2) is 11.8. The summed E-state index contributed by atoms with van der Waals surface area (Å²) in [5.74, 6) is 4.89. The Kier molecular flexibility index (Phi) is 8.05. The molecule has 45 heavy (non-hydrogen) atoms. The van der Waals surface area contributed by atoms with Crippen molar-refractivity contribution in [1.82, 2.24) is 4.98 Å². The number of H-pyrrole nitrogens is 1. The van der Waals surface area contributed by atoms with E-state index in [-0.39, 0.29) is 16.3 Å². The summed E-state index contributed by atoms with van der Waals surface area (Å²) in [6, 6.07) is 16.3. The summed E-state index contributed by atoms with van der Waals surface area (Å²) >= 11 is 0. The highest BCUT2D eigenvalue weighted by Crippen LogP contribution is 2.68. The van der Waals surface area contributed by atoms with Crippen molar-refractivity contribution in [1.29, 1.82) is 0 Å². The smallest absolute Gasteiger partial charge is 0.217 e. The summed E-state index contributed by atoms with van der Waals surface area (Å²) in [5.41, 5.74) is 5.15. The van der Waals surface area contributed by atoms with Crippen molar-refractivity contribution in [3.8, 4) is 5.75 Å². The van der Waals surface area contributed by atoms with Crippen LogP contribution in [-0.4, -0.2) is 15.9 Å². The average Bonchev–Trinajstić information content (AvgIpc) is 3.55. The number of aromatic amines is 1. The van der Waals surface area contributed by atoms with Gasteiger partial charge in [0.2, 0.25) is 6.04 Å². The fraction of sp³-hybridized carbons (Fsp3) is 0.650. The van der Waals surface area contributed by atoms with Gasteiger partial charge >= 0.3 is 0 Å². The van der Waals surface area contributed by atoms with Crippen molar-refractivity contribution in [3.05, 3.63) is 75.5 Å². The Labute approximate surface area is 270 Å². The second-order valence-corrected chi connectivity index (χ2v) is 16.6. The van der Waals surface area contributed by atoms with Crippen LogP contribution >= 0.6 is 0 Å². The number of hydrogen-bond donors (Lipinski definition) is 1. The number of hydrogen-bond acceptors (Lipinski definition) is 3. The minimum atomic E-state index is -0.453. The fourth-order valence-corrected chi connectivity index (χ4v) is 11.6. The molecule has 4 aliphatic rings. The Morgan fingerprint density at radius 1 is 0.978 bits per heavy atom. The molecular formula is C40H54N2O3. The number of fused-ring (bicyclic) bond motifs is 8. The summed E-state index contributed by atoms with van der Waals surface area (Å²) < 4.78 is 6.25. The lowest BCUT2D eigenvalue weighted by Gasteiger charge is -2.60. The van der Waals surface area contributed by atoms with E-state index in [9.17, 15) is 10.1 Å². The van der Waals surface area contributed by atoms with Crippen molar-refractivity contribution >= 4 is 10.9 Å². The van der Waals surface area contributed by atoms with Crippen molar-refractivity contribution in [3.63, 3.8) is 0 Å². The molecule has 5 nitrogen and oxygen atoms in total. The molecule has 2 aromatic carbocycles. The van der Waals surface area contributed by atoms with Gasteiger partial charge in [-0.15, -0.1) is 0 Å². The van der Waals surface area contributed by atoms with Gasteiger partial charge in [-0.1, -0.05) is 84.2 Å². The Morgan fingerprint density at radius 3 is 2.51 bits per heavy atom. The third-order valence-electron chi connectivity index (χ3n) is 13.8. The lowest BCUT2D eigenvalue weighted by molar-refractivity contribution is -0.546. The van der Waals surface area contributed by atoms with Crippen LogP contribution < -0.4 is 4.74 Å². The fourth-order valence-electron chi connectivity index (χ4n) is 11.6. The molecule has 3 aromatic rings. The van der Waals surface area contributed by atoms with Crippen LogP contribution in [0.3, 0.4) is 0 Å². The maximum Gasteiger partial charge on any atom is 0.217 e. The predicted octanol–water partition coefficient (Wildman–Crippen LogP) is 10.0. The molecule has 9 atom stereocenters. The van der Waals surface area contributed by atoms with Gasteiger partial charge in [-0.2, -0.15) is 0 Å². The molecule has 1 heterocycles. The molecule has 0 spiro atoms. The van der Waals surface area contributed by atoms with E-state index in [2.05, 4.69) is 69.9 Å². The van der Waals surface area contributed by atoms with Crippen LogP contribution in [-0.2, 0) is 19.4 Å². The molecule has 0 aliphatic heterocycles. The normalized spacial score (nSPS) is 34.5. The molecule has 242 valence electrons. The quantitative estimate of drug-likeness (QED) is 0.194. The molecule has 0 saturated heterocycles. The van der Waals surface area contributed by atoms with E-state index >= 15 is 0 Å². The topological polar surface area (TPSA) is 68.2 Å². The molecule has 1 aromatic heterocycles. The monoisotopic (exact) mass is 610 g/mol. The Balaban J connectivity index is 1.16. The number of rotatable bonds is 9. The molecule has 7 rings (SSSR count). The van der Waals surface area contributed by atoms with Gasteiger partial charge in [0.25, 0.3) is 0 Å². The summed E-state index contributed by atoms with van der Waals surface area (Å²) in [5, 5.41) is 14.1. The molecule has 2 unspecified atom stereocenters. The summed E-state index contributed by atoms with van der Waals surface area (Å²) in [7, 11) is 0. The van der Waals surface area contributed by atoms with Crippen molar-refractivity contribution in [2.45, 2.75) is 111 Å². The van der Waals surface area contributed by atoms with E-state index in [0.717, 1.165) is 53.8 Å². The van der Waals surface area contributed by atoms with Crippen LogP contribution in [0.1, 0.15) is 103 Å². The Hall–Kier alpha value is -2.82. The highest BCUT2D eigenvalue weighted by Gasteiger charge is 2.65. The molecule has 3 fully saturated rings. The summed E-state index contributed by atoms with van der Waals surface area (Å²) in [6.07, 6.45) is 11.6. The van der Waals surface area contributed by atoms with Gasteiger partial charge in [0.15, 0.2) is 0 Å². The van der Waals surface area contributed by atoms with Gasteiger partial charge in [-0.3, -0.25) is 10.1 Å². The standard InChI is InChI=1S/C40H54N2O3/c1-25(2)10-9-11-26(3)32-15-16-33-30-21-38(42(43)44)35-22-37-31(23-40(35,5)34(30)18-19-39(32,33)4)29-20-28(14-17-36(29)41-37)45-24-27-12-7-6-8-13-27/h6-8,12-14,17,20,25-26,30,32-35,38,41H,9-11,15-16,18-19,21-24H2,1-5H3/t26-,30+,32-,33+,34+,35?,38?,39-,40-/m1/s1. The Morgan fingerprint density at radius 2 is 1.76 bits per heavy atom. The zero-order valence-electron chi connectivity index (χ0n) is 28.2. The number of nitrogens with zero attached hydrogens (tertiary/aromatic N) is 1. The molecular weight excluding hydrogens is 556 g/mol. The average molecular weight is 611 g/mol. The first-order chi connectivity index (χ1) is 21.6. The molecule has 4 aliphatic carbocycles. The predicted molar refractivity (Wildman–Crippen MR) is 182 cm³/mol. The lowest BCUT2D eigenvalue weighted by atomic mass is 9.43. The summed E-state index contributed by atoms with van der Waals surface area (Å²) in [6.45, 7) is 12.8. The van der Waals surface area contributed by atoms with Crippen LogP contribution in [0.2, 0.25) is 0 Å². The van der Waals surface area contributed by atoms with Gasteiger partial charge in [0.1, 0.15) is 12.4 Å². The maximum absolute atomic E-state index is 12.8. The lowest BCUT2D eigenvalue weighted by Crippen LogP contribution is -2.60. The number of nitrogens with one attached hydrogen (secondary N) is 1. The number of aromatic nitrogens is 1. The van der Waals surface area contributed by atoms with Crippen LogP contribution in [0.25, 0.3) is 10.9 Å². The first-order valence-corrected chi connectivity index (χ1v) is 18.0. The molecule has 0 bridgehead atoms. The van der Waals surface area contributed by atoms with E-state index in [4.69, 9.17) is 4.74 Å². The highest BCUT2D eigenvalue weighted by molar-refractivity contribution is 5.86. The summed E-state index contributed by atoms with van der Waals surface area (Å²) in [4.78, 5) is 16.7. The maximum atomic E-state index is 12.8. The van der Waals surface area contributed by atoms with Gasteiger partial charge in [0.05, 0.1) is 0 Å². The van der Waals surface area contributed by atoms with Gasteiger partial charge in [-0.05, 0) is 114 Å². The third kappa shape index (κ3) is 5.30. The van der Waals surface area contributed by atoms with Crippen LogP contribution in [0, 0.1) is 62.4 Å². The first kappa shape index (κ1) is 30.8. The number of ether oxygens (including phenoxy) is 1. The number of benzene rings is 2. The van der Waals surface area contributed by atoms with E-state index in [1.807, 2.05) is 18.2 Å². The molecule has 5 heteroatoms. The van der Waals surface area contributed by atoms with E-state index in [1.54, 1.807) is 0 Å². The SMILES string of the molecule is CC(C)CCC[C@@H](C)[C@H]1CC[C@H]2[C@@H]3CC([N+](=O)[O-])C4Cc5[nH]c6ccc(OCc7ccccc7)cc6c5C[C@]4(C)[C@H]3CC[C@]12C. The van der Waals surface area contributed by atoms with Crippen LogP contribution in [0.15, 0.2) is 48.5 Å². The molecule has 1 N–H and O–H groups in total. The minimum absolute atomic E-state index is 0.0635. The van der Waals surface area contributed by atoms with E-state index < -0.39 is 6.04 Å². The van der Waals surface area contributed by atoms with E-state index in [0.29, 0.717) is 29.8 Å². The molecule has 0 amide bonds. The first-order valence-electron chi connectivity index (χ1n) is 18.0. The zero-order chi connectivity index (χ0) is 31.5. The molecule has 0 radical (unpaired) electrons. The van der Waals surface area contributed by atoms with Crippen molar-refractivity contribution in [2.75, 3.05) is 0 Å². The minimum Gasteiger partial charge on any atom is -0.489 e. The largest absolute Gasteiger partial charge is 0.489 e. The molecule has 3 saturated carbocycles. The third-order valence-corrected chi connectivity index (χ3v) is 13.8. The highest BCUT2D eigenvalue weighted by atomic mass is 16.6. The van der Waals surface area contributed by atoms with Crippen LogP contribution in [0.4, 0.5) is 0 Å². The van der Waals surface area contributed by atoms with Gasteiger partial charge < -0.3 is 9.72 Å². The van der Waals surface area contributed by atoms with Crippen LogP contribution in [0.5, 0.6) is 5.75 Å². The van der Waals surface area contributed by atoms with Crippen molar-refractivity contribution < 1.29 is 9.66 Å². The zero-order valence-corrected chi connectivity index (χ0v) is 28.2. The van der Waals surface area contributed by atoms with E-state index in [1.165, 1.54) is 61.6 Å². The second-order valence-electron chi connectivity index (χ2n) is 16.6. The van der Waals surface area contributed by atoms with Gasteiger partial charge in [-0.25, -0.2) is 0 Å². The Bertz CT molecular complexity index is 1530. The van der Waals surface area contributed by atoms with Crippen molar-refractivity contribution in [2.24, 2.45) is 52.3 Å². The van der Waals surface area contributed by atoms with Gasteiger partial charge in [0, 0.05) is 33.9 Å². The number of nitro groups is 1.